The van der Waals surface area contributed by atoms with Crippen molar-refractivity contribution in [3.63, 3.8) is 0 Å². The first-order valence-corrected chi connectivity index (χ1v) is 8.92. The van der Waals surface area contributed by atoms with Gasteiger partial charge in [0.25, 0.3) is 10.0 Å². The van der Waals surface area contributed by atoms with E-state index in [2.05, 4.69) is 13.8 Å². The number of nitrogens with zero attached hydrogens (tertiary/aromatic N) is 1. The third-order valence-corrected chi connectivity index (χ3v) is 7.55. The average molecular weight is 303 g/mol. The van der Waals surface area contributed by atoms with Gasteiger partial charge >= 0.3 is 0 Å². The van der Waals surface area contributed by atoms with Crippen LogP contribution in [0.5, 0.6) is 0 Å². The summed E-state index contributed by atoms with van der Waals surface area (Å²) < 4.78 is 26.9. The Labute approximate surface area is 119 Å². The van der Waals surface area contributed by atoms with Crippen molar-refractivity contribution < 1.29 is 13.5 Å². The van der Waals surface area contributed by atoms with E-state index in [-0.39, 0.29) is 12.0 Å². The molecular formula is C13H21NO3S2. The first-order chi connectivity index (χ1) is 8.91. The fraction of sp³-hybridized carbons (Fsp3) is 0.692. The maximum atomic E-state index is 12.5. The molecule has 1 aromatic rings. The van der Waals surface area contributed by atoms with Gasteiger partial charge in [-0.25, -0.2) is 8.42 Å². The summed E-state index contributed by atoms with van der Waals surface area (Å²) >= 11 is 1.19. The standard InChI is InChI=1S/C13H21NO3S2/c1-3-13(2)4-6-14(7-5-13)19(16,17)12-8-11(9-15)10-18-12/h8,10,15H,3-7,9H2,1-2H3. The summed E-state index contributed by atoms with van der Waals surface area (Å²) in [4.78, 5) is 0. The van der Waals surface area contributed by atoms with Crippen LogP contribution in [0.4, 0.5) is 0 Å². The largest absolute Gasteiger partial charge is 0.392 e. The lowest BCUT2D eigenvalue weighted by atomic mass is 9.79. The Kier molecular flexibility index (Phi) is 4.35. The molecule has 108 valence electrons. The molecule has 4 nitrogen and oxygen atoms in total. The lowest BCUT2D eigenvalue weighted by Gasteiger charge is -2.37. The highest BCUT2D eigenvalue weighted by molar-refractivity contribution is 7.91. The molecule has 0 spiro atoms. The van der Waals surface area contributed by atoms with Crippen molar-refractivity contribution >= 4 is 21.4 Å². The van der Waals surface area contributed by atoms with Crippen molar-refractivity contribution in [3.05, 3.63) is 17.0 Å². The average Bonchev–Trinajstić information content (AvgIpc) is 2.89. The predicted molar refractivity (Wildman–Crippen MR) is 76.6 cm³/mol. The van der Waals surface area contributed by atoms with Crippen molar-refractivity contribution in [2.45, 2.75) is 43.9 Å². The van der Waals surface area contributed by atoms with Crippen LogP contribution in [0.2, 0.25) is 0 Å². The van der Waals surface area contributed by atoms with Gasteiger partial charge in [0, 0.05) is 13.1 Å². The number of aliphatic hydroxyl groups is 1. The topological polar surface area (TPSA) is 57.6 Å². The molecule has 0 aromatic carbocycles. The molecule has 2 rings (SSSR count). The van der Waals surface area contributed by atoms with Crippen LogP contribution >= 0.6 is 11.3 Å². The number of thiophene rings is 1. The van der Waals surface area contributed by atoms with Crippen molar-refractivity contribution in [2.24, 2.45) is 5.41 Å². The molecule has 0 saturated carbocycles. The van der Waals surface area contributed by atoms with Gasteiger partial charge in [-0.15, -0.1) is 11.3 Å². The molecule has 1 aromatic heterocycles. The summed E-state index contributed by atoms with van der Waals surface area (Å²) in [7, 11) is -3.37. The highest BCUT2D eigenvalue weighted by Crippen LogP contribution is 2.36. The minimum absolute atomic E-state index is 0.111. The second-order valence-electron chi connectivity index (χ2n) is 5.50. The van der Waals surface area contributed by atoms with Crippen molar-refractivity contribution in [1.29, 1.82) is 0 Å². The number of sulfonamides is 1. The first-order valence-electron chi connectivity index (χ1n) is 6.60. The van der Waals surface area contributed by atoms with E-state index in [1.54, 1.807) is 15.8 Å². The van der Waals surface area contributed by atoms with Crippen molar-refractivity contribution in [1.82, 2.24) is 4.31 Å². The Morgan fingerprint density at radius 1 is 1.42 bits per heavy atom. The first kappa shape index (κ1) is 15.0. The fourth-order valence-electron chi connectivity index (χ4n) is 2.32. The van der Waals surface area contributed by atoms with E-state index in [0.29, 0.717) is 22.9 Å². The normalized spacial score (nSPS) is 20.6. The van der Waals surface area contributed by atoms with Crippen LogP contribution in [-0.4, -0.2) is 30.9 Å². The fourth-order valence-corrected chi connectivity index (χ4v) is 5.11. The van der Waals surface area contributed by atoms with E-state index in [9.17, 15) is 8.42 Å². The highest BCUT2D eigenvalue weighted by atomic mass is 32.2. The van der Waals surface area contributed by atoms with E-state index in [1.165, 1.54) is 11.3 Å². The molecule has 19 heavy (non-hydrogen) atoms. The minimum Gasteiger partial charge on any atom is -0.392 e. The number of hydrogen-bond donors (Lipinski definition) is 1. The molecule has 6 heteroatoms. The quantitative estimate of drug-likeness (QED) is 0.929. The zero-order valence-corrected chi connectivity index (χ0v) is 13.1. The van der Waals surface area contributed by atoms with Gasteiger partial charge in [0.1, 0.15) is 4.21 Å². The SMILES string of the molecule is CCC1(C)CCN(S(=O)(=O)c2cc(CO)cs2)CC1. The van der Waals surface area contributed by atoms with Crippen LogP contribution in [0.25, 0.3) is 0 Å². The second-order valence-corrected chi connectivity index (χ2v) is 8.58. The van der Waals surface area contributed by atoms with Gasteiger partial charge in [0.15, 0.2) is 0 Å². The molecule has 0 amide bonds. The Balaban J connectivity index is 2.14. The molecule has 1 N–H and O–H groups in total. The van der Waals surface area contributed by atoms with E-state index in [4.69, 9.17) is 5.11 Å². The zero-order valence-electron chi connectivity index (χ0n) is 11.4. The molecule has 2 heterocycles. The van der Waals surface area contributed by atoms with Crippen LogP contribution in [0.3, 0.4) is 0 Å². The number of rotatable bonds is 4. The smallest absolute Gasteiger partial charge is 0.252 e. The van der Waals surface area contributed by atoms with Crippen LogP contribution in [0, 0.1) is 5.41 Å². The summed E-state index contributed by atoms with van der Waals surface area (Å²) in [6, 6.07) is 1.58. The highest BCUT2D eigenvalue weighted by Gasteiger charge is 2.34. The summed E-state index contributed by atoms with van der Waals surface area (Å²) in [5.41, 5.74) is 0.941. The lowest BCUT2D eigenvalue weighted by Crippen LogP contribution is -2.41. The van der Waals surface area contributed by atoms with E-state index in [1.807, 2.05) is 0 Å². The maximum absolute atomic E-state index is 12.5. The molecule has 0 radical (unpaired) electrons. The molecule has 0 unspecified atom stereocenters. The Bertz CT molecular complexity index is 528. The van der Waals surface area contributed by atoms with Gasteiger partial charge in [0.2, 0.25) is 0 Å². The number of piperidine rings is 1. The molecule has 0 bridgehead atoms. The van der Waals surface area contributed by atoms with Crippen LogP contribution < -0.4 is 0 Å². The molecule has 1 saturated heterocycles. The predicted octanol–water partition coefficient (Wildman–Crippen LogP) is 2.44. The molecule has 0 aliphatic carbocycles. The van der Waals surface area contributed by atoms with E-state index < -0.39 is 10.0 Å². The third kappa shape index (κ3) is 3.02. The summed E-state index contributed by atoms with van der Waals surface area (Å²) in [5, 5.41) is 10.7. The van der Waals surface area contributed by atoms with Gasteiger partial charge in [-0.1, -0.05) is 20.3 Å². The van der Waals surface area contributed by atoms with Gasteiger partial charge < -0.3 is 5.11 Å². The molecule has 0 atom stereocenters. The monoisotopic (exact) mass is 303 g/mol. The van der Waals surface area contributed by atoms with Crippen molar-refractivity contribution in [3.8, 4) is 0 Å². The summed E-state index contributed by atoms with van der Waals surface area (Å²) in [6.45, 7) is 5.47. The van der Waals surface area contributed by atoms with Gasteiger partial charge in [-0.05, 0) is 35.3 Å². The maximum Gasteiger partial charge on any atom is 0.252 e. The Hall–Kier alpha value is -0.430. The van der Waals surface area contributed by atoms with Gasteiger partial charge in [-0.2, -0.15) is 4.31 Å². The molecule has 1 aliphatic rings. The van der Waals surface area contributed by atoms with Gasteiger partial charge in [-0.3, -0.25) is 0 Å². The van der Waals surface area contributed by atoms with Crippen molar-refractivity contribution in [2.75, 3.05) is 13.1 Å². The second kappa shape index (κ2) is 5.52. The van der Waals surface area contributed by atoms with Crippen LogP contribution in [-0.2, 0) is 16.6 Å². The molecular weight excluding hydrogens is 282 g/mol. The lowest BCUT2D eigenvalue weighted by molar-refractivity contribution is 0.169. The Morgan fingerprint density at radius 3 is 2.53 bits per heavy atom. The Morgan fingerprint density at radius 2 is 2.05 bits per heavy atom. The summed E-state index contributed by atoms with van der Waals surface area (Å²) in [6.07, 6.45) is 2.93. The van der Waals surface area contributed by atoms with E-state index >= 15 is 0 Å². The van der Waals surface area contributed by atoms with Crippen LogP contribution in [0.1, 0.15) is 38.7 Å². The van der Waals surface area contributed by atoms with Gasteiger partial charge in [0.05, 0.1) is 6.61 Å². The third-order valence-electron chi connectivity index (χ3n) is 4.19. The number of aliphatic hydroxyl groups excluding tert-OH is 1. The van der Waals surface area contributed by atoms with Crippen LogP contribution in [0.15, 0.2) is 15.7 Å². The molecule has 1 aliphatic heterocycles. The zero-order chi connectivity index (χ0) is 14.1. The van der Waals surface area contributed by atoms with E-state index in [0.717, 1.165) is 19.3 Å². The molecule has 1 fully saturated rings. The number of hydrogen-bond acceptors (Lipinski definition) is 4. The minimum atomic E-state index is -3.37. The summed E-state index contributed by atoms with van der Waals surface area (Å²) in [5.74, 6) is 0.